The van der Waals surface area contributed by atoms with Gasteiger partial charge in [-0.25, -0.2) is 19.6 Å². The third kappa shape index (κ3) is 8.12. The fraction of sp³-hybridized carbons (Fsp3) is 0.667. The average Bonchev–Trinajstić information content (AvgIpc) is 3.24. The number of aromatic nitrogens is 4. The van der Waals surface area contributed by atoms with Crippen molar-refractivity contribution in [2.24, 2.45) is 5.92 Å². The lowest BCUT2D eigenvalue weighted by Crippen LogP contribution is -2.25. The highest BCUT2D eigenvalue weighted by Crippen LogP contribution is 2.51. The predicted molar refractivity (Wildman–Crippen MR) is 126 cm³/mol. The molecule has 0 bridgehead atoms. The molecular weight excluding hydrogens is 497 g/mol. The second-order valence-corrected chi connectivity index (χ2v) is 10.1. The Hall–Kier alpha value is -2.80. The molecule has 0 aromatic carbocycles. The maximum absolute atomic E-state index is 11.6. The van der Waals surface area contributed by atoms with E-state index in [4.69, 9.17) is 38.5 Å². The number of nitrogens with zero attached hydrogens (tertiary/aromatic N) is 4. The summed E-state index contributed by atoms with van der Waals surface area (Å²) < 4.78 is 38.8. The van der Waals surface area contributed by atoms with Crippen LogP contribution >= 0.6 is 8.38 Å². The normalized spacial score (nSPS) is 19.2. The molecule has 15 heteroatoms. The number of nitrogens with two attached hydrogens (primary N) is 1. The van der Waals surface area contributed by atoms with Crippen molar-refractivity contribution < 1.29 is 42.3 Å². The molecule has 0 spiro atoms. The number of fused-ring (bicyclic) bond motifs is 1. The summed E-state index contributed by atoms with van der Waals surface area (Å²) in [6.45, 7) is 8.45. The summed E-state index contributed by atoms with van der Waals surface area (Å²) in [6, 6.07) is 0. The van der Waals surface area contributed by atoms with Gasteiger partial charge >= 0.3 is 12.3 Å². The van der Waals surface area contributed by atoms with Gasteiger partial charge in [-0.05, 0) is 40.0 Å². The quantitative estimate of drug-likeness (QED) is 0.227. The van der Waals surface area contributed by atoms with E-state index >= 15 is 0 Å². The van der Waals surface area contributed by atoms with E-state index in [0.717, 1.165) is 6.42 Å². The van der Waals surface area contributed by atoms with Gasteiger partial charge in [-0.15, -0.1) is 0 Å². The summed E-state index contributed by atoms with van der Waals surface area (Å²) in [6.07, 6.45) is 1.60. The molecule has 1 fully saturated rings. The van der Waals surface area contributed by atoms with Crippen LogP contribution in [0.3, 0.4) is 0 Å². The maximum atomic E-state index is 11.6. The van der Waals surface area contributed by atoms with Crippen LogP contribution in [-0.4, -0.2) is 69.6 Å². The fourth-order valence-corrected chi connectivity index (χ4v) is 4.14. The number of rotatable bonds is 13. The van der Waals surface area contributed by atoms with Crippen molar-refractivity contribution in [3.63, 3.8) is 0 Å². The van der Waals surface area contributed by atoms with Crippen LogP contribution in [0.25, 0.3) is 11.2 Å². The smallest absolute Gasteiger partial charge is 0.432 e. The van der Waals surface area contributed by atoms with E-state index in [1.165, 1.54) is 0 Å². The summed E-state index contributed by atoms with van der Waals surface area (Å²) in [5.74, 6) is 0.390. The number of carbonyl (C=O) groups is 2. The van der Waals surface area contributed by atoms with E-state index in [1.807, 2.05) is 4.57 Å². The van der Waals surface area contributed by atoms with Crippen LogP contribution in [0.1, 0.15) is 41.0 Å². The molecule has 0 amide bonds. The Labute approximate surface area is 209 Å². The van der Waals surface area contributed by atoms with Gasteiger partial charge in [0.05, 0.1) is 36.9 Å². The predicted octanol–water partition coefficient (Wildman–Crippen LogP) is 3.54. The van der Waals surface area contributed by atoms with Gasteiger partial charge in [-0.2, -0.15) is 4.98 Å². The molecule has 2 aromatic heterocycles. The van der Waals surface area contributed by atoms with Crippen LogP contribution in [-0.2, 0) is 39.3 Å². The molecule has 2 atom stereocenters. The van der Waals surface area contributed by atoms with Crippen molar-refractivity contribution >= 4 is 37.8 Å². The average molecular weight is 529 g/mol. The van der Waals surface area contributed by atoms with Gasteiger partial charge in [-0.3, -0.25) is 9.05 Å². The molecule has 14 nitrogen and oxygen atoms in total. The Balaban J connectivity index is 1.58. The van der Waals surface area contributed by atoms with Crippen LogP contribution in [0.4, 0.5) is 15.5 Å². The van der Waals surface area contributed by atoms with Crippen LogP contribution in [0.15, 0.2) is 12.5 Å². The van der Waals surface area contributed by atoms with E-state index in [9.17, 15) is 9.59 Å². The van der Waals surface area contributed by atoms with E-state index < -0.39 is 39.9 Å². The van der Waals surface area contributed by atoms with Gasteiger partial charge in [0.2, 0.25) is 27.9 Å². The van der Waals surface area contributed by atoms with Crippen molar-refractivity contribution in [2.45, 2.75) is 65.4 Å². The van der Waals surface area contributed by atoms with Gasteiger partial charge < -0.3 is 34.0 Å². The highest BCUT2D eigenvalue weighted by atomic mass is 31.2. The minimum Gasteiger partial charge on any atom is -0.432 e. The highest BCUT2D eigenvalue weighted by Gasteiger charge is 2.53. The summed E-state index contributed by atoms with van der Waals surface area (Å²) in [5.41, 5.74) is 6.44. The molecule has 2 N–H and O–H groups in total. The van der Waals surface area contributed by atoms with Gasteiger partial charge in [0.15, 0.2) is 5.65 Å². The zero-order valence-electron chi connectivity index (χ0n) is 20.9. The van der Waals surface area contributed by atoms with E-state index in [1.54, 1.807) is 40.2 Å². The molecule has 1 saturated carbocycles. The summed E-state index contributed by atoms with van der Waals surface area (Å²) >= 11 is 0. The molecule has 3 rings (SSSR count). The number of hydrogen-bond acceptors (Lipinski definition) is 13. The molecular formula is C21H32N5O9P. The Bertz CT molecular complexity index is 1010. The van der Waals surface area contributed by atoms with Crippen molar-refractivity contribution in [1.82, 2.24) is 19.5 Å². The van der Waals surface area contributed by atoms with E-state index in [0.29, 0.717) is 17.7 Å². The zero-order valence-corrected chi connectivity index (χ0v) is 21.8. The third-order valence-electron chi connectivity index (χ3n) is 5.07. The molecule has 2 aromatic rings. The molecule has 0 saturated heterocycles. The minimum atomic E-state index is -1.77. The van der Waals surface area contributed by atoms with Crippen LogP contribution < -0.4 is 5.73 Å². The minimum absolute atomic E-state index is 0.0224. The molecule has 2 unspecified atom stereocenters. The summed E-state index contributed by atoms with van der Waals surface area (Å²) in [7, 11) is -1.77. The largest absolute Gasteiger partial charge is 0.510 e. The Morgan fingerprint density at radius 2 is 1.69 bits per heavy atom. The second-order valence-electron chi connectivity index (χ2n) is 8.70. The van der Waals surface area contributed by atoms with Crippen molar-refractivity contribution in [3.05, 3.63) is 12.5 Å². The molecule has 0 radical (unpaired) electrons. The number of anilines is 1. The van der Waals surface area contributed by atoms with Gasteiger partial charge in [0.1, 0.15) is 11.9 Å². The number of nitrogen functional groups attached to an aromatic ring is 1. The molecule has 200 valence electrons. The third-order valence-corrected chi connectivity index (χ3v) is 6.20. The lowest BCUT2D eigenvalue weighted by atomic mass is 10.2. The topological polar surface area (TPSA) is 168 Å². The lowest BCUT2D eigenvalue weighted by molar-refractivity contribution is -0.0318. The van der Waals surface area contributed by atoms with Crippen molar-refractivity contribution in [3.8, 4) is 0 Å². The van der Waals surface area contributed by atoms with E-state index in [-0.39, 0.29) is 30.4 Å². The summed E-state index contributed by atoms with van der Waals surface area (Å²) in [5, 5.41) is 0. The number of ether oxygens (including phenoxy) is 5. The molecule has 1 aliphatic carbocycles. The zero-order chi connectivity index (χ0) is 26.3. The standard InChI is InChI=1S/C21H32N5O9P/c1-13(2)34-19(27)29-10-32-36(33-11-30-20(28)35-14(3)4)12-31-21(6-15(21)5)8-26-9-24-16-7-23-18(22)25-17(16)26/h7,9,13-15H,6,8,10-12H2,1-5H3,(H2,22,23,25). The van der Waals surface area contributed by atoms with Crippen molar-refractivity contribution in [1.29, 1.82) is 0 Å². The van der Waals surface area contributed by atoms with Gasteiger partial charge in [-0.1, -0.05) is 6.92 Å². The Morgan fingerprint density at radius 3 is 2.22 bits per heavy atom. The van der Waals surface area contributed by atoms with E-state index in [2.05, 4.69) is 21.9 Å². The first-order chi connectivity index (χ1) is 17.1. The Kier molecular flexibility index (Phi) is 9.60. The summed E-state index contributed by atoms with van der Waals surface area (Å²) in [4.78, 5) is 35.8. The van der Waals surface area contributed by atoms with Gasteiger partial charge in [0.25, 0.3) is 0 Å². The highest BCUT2D eigenvalue weighted by molar-refractivity contribution is 7.47. The number of imidazole rings is 1. The monoisotopic (exact) mass is 529 g/mol. The Morgan fingerprint density at radius 1 is 1.11 bits per heavy atom. The van der Waals surface area contributed by atoms with Crippen LogP contribution in [0, 0.1) is 5.92 Å². The molecule has 0 aliphatic heterocycles. The molecule has 36 heavy (non-hydrogen) atoms. The fourth-order valence-electron chi connectivity index (χ4n) is 3.21. The lowest BCUT2D eigenvalue weighted by Gasteiger charge is -2.23. The SMILES string of the molecule is CC(C)OC(=O)OCOP(COC1(Cn2cnc3cnc(N)nc32)CC1C)OCOC(=O)OC(C)C. The van der Waals surface area contributed by atoms with Crippen molar-refractivity contribution in [2.75, 3.05) is 25.7 Å². The first kappa shape index (κ1) is 27.8. The number of hydrogen-bond donors (Lipinski definition) is 1. The second kappa shape index (κ2) is 12.4. The molecule has 2 heterocycles. The maximum Gasteiger partial charge on any atom is 0.510 e. The molecule has 1 aliphatic rings. The van der Waals surface area contributed by atoms with Crippen LogP contribution in [0.2, 0.25) is 0 Å². The van der Waals surface area contributed by atoms with Gasteiger partial charge in [0, 0.05) is 0 Å². The number of carbonyl (C=O) groups excluding carboxylic acids is 2. The van der Waals surface area contributed by atoms with Crippen LogP contribution in [0.5, 0.6) is 0 Å². The first-order valence-electron chi connectivity index (χ1n) is 11.4. The first-order valence-corrected chi connectivity index (χ1v) is 12.7.